The van der Waals surface area contributed by atoms with E-state index < -0.39 is 5.82 Å². The van der Waals surface area contributed by atoms with Crippen molar-refractivity contribution >= 4 is 34.8 Å². The maximum atomic E-state index is 13.4. The molecule has 25 heavy (non-hydrogen) atoms. The van der Waals surface area contributed by atoms with Gasteiger partial charge in [0.2, 0.25) is 0 Å². The molecule has 1 N–H and O–H groups in total. The normalized spacial score (nSPS) is 10.6. The monoisotopic (exact) mass is 375 g/mol. The number of aryl methyl sites for hydroxylation is 1. The van der Waals surface area contributed by atoms with E-state index in [9.17, 15) is 9.18 Å². The lowest BCUT2D eigenvalue weighted by Gasteiger charge is -2.09. The molecule has 0 saturated heterocycles. The Balaban J connectivity index is 1.93. The summed E-state index contributed by atoms with van der Waals surface area (Å²) in [6.07, 6.45) is 1.49. The molecule has 4 nitrogen and oxygen atoms in total. The highest BCUT2D eigenvalue weighted by molar-refractivity contribution is 6.31. The Labute approximate surface area is 153 Å². The van der Waals surface area contributed by atoms with Crippen LogP contribution in [0.3, 0.4) is 0 Å². The smallest absolute Gasteiger partial charge is 0.274 e. The second-order valence-electron chi connectivity index (χ2n) is 5.33. The van der Waals surface area contributed by atoms with Gasteiger partial charge < -0.3 is 5.32 Å². The number of carbonyl (C=O) groups excluding carboxylic acids is 1. The first-order valence-corrected chi connectivity index (χ1v) is 8.05. The first-order chi connectivity index (χ1) is 11.9. The minimum Gasteiger partial charge on any atom is -0.320 e. The molecule has 0 unspecified atom stereocenters. The summed E-state index contributed by atoms with van der Waals surface area (Å²) in [6, 6.07) is 11.0. The van der Waals surface area contributed by atoms with Gasteiger partial charge in [-0.1, -0.05) is 29.3 Å². The van der Waals surface area contributed by atoms with Crippen molar-refractivity contribution in [1.82, 2.24) is 9.97 Å². The Morgan fingerprint density at radius 3 is 2.60 bits per heavy atom. The van der Waals surface area contributed by atoms with Crippen molar-refractivity contribution < 1.29 is 9.18 Å². The zero-order valence-corrected chi connectivity index (χ0v) is 14.6. The molecule has 0 fully saturated rings. The zero-order chi connectivity index (χ0) is 18.0. The topological polar surface area (TPSA) is 54.9 Å². The molecule has 1 aromatic carbocycles. The maximum absolute atomic E-state index is 13.4. The third-order valence-corrected chi connectivity index (χ3v) is 3.92. The third kappa shape index (κ3) is 4.13. The summed E-state index contributed by atoms with van der Waals surface area (Å²) in [5.41, 5.74) is 2.80. The molecule has 0 spiro atoms. The molecule has 126 valence electrons. The van der Waals surface area contributed by atoms with Gasteiger partial charge in [0.1, 0.15) is 16.7 Å². The second-order valence-corrected chi connectivity index (χ2v) is 6.13. The molecule has 0 radical (unpaired) electrons. The fraction of sp³-hybridized carbons (Fsp3) is 0.0556. The molecular formula is C18H12Cl2FN3O. The number of benzene rings is 1. The van der Waals surface area contributed by atoms with E-state index in [1.165, 1.54) is 24.4 Å². The number of amides is 1. The number of pyridine rings is 2. The SMILES string of the molecule is Cc1cc(-c2ccc(F)c(Cl)c2)cc(C(=O)Nc2ccnc(Cl)c2)n1. The van der Waals surface area contributed by atoms with Crippen LogP contribution in [0.15, 0.2) is 48.7 Å². The Morgan fingerprint density at radius 1 is 1.08 bits per heavy atom. The summed E-state index contributed by atoms with van der Waals surface area (Å²) in [6.45, 7) is 1.77. The van der Waals surface area contributed by atoms with Gasteiger partial charge >= 0.3 is 0 Å². The zero-order valence-electron chi connectivity index (χ0n) is 13.1. The summed E-state index contributed by atoms with van der Waals surface area (Å²) in [4.78, 5) is 20.6. The number of hydrogen-bond acceptors (Lipinski definition) is 3. The van der Waals surface area contributed by atoms with Crippen molar-refractivity contribution in [1.29, 1.82) is 0 Å². The standard InChI is InChI=1S/C18H12Cl2FN3O/c1-10-6-12(11-2-3-15(21)14(19)7-11)8-16(23-10)18(25)24-13-4-5-22-17(20)9-13/h2-9H,1H3,(H,22,24,25). The number of hydrogen-bond donors (Lipinski definition) is 1. The molecule has 0 bridgehead atoms. The van der Waals surface area contributed by atoms with Crippen LogP contribution < -0.4 is 5.32 Å². The van der Waals surface area contributed by atoms with E-state index >= 15 is 0 Å². The highest BCUT2D eigenvalue weighted by Gasteiger charge is 2.12. The summed E-state index contributed by atoms with van der Waals surface area (Å²) in [5, 5.41) is 3.01. The van der Waals surface area contributed by atoms with Crippen LogP contribution >= 0.6 is 23.2 Å². The lowest BCUT2D eigenvalue weighted by molar-refractivity contribution is 0.102. The highest BCUT2D eigenvalue weighted by Crippen LogP contribution is 2.26. The van der Waals surface area contributed by atoms with Crippen LogP contribution in [0, 0.1) is 12.7 Å². The Bertz CT molecular complexity index is 963. The van der Waals surface area contributed by atoms with Gasteiger partial charge in [0.15, 0.2) is 0 Å². The van der Waals surface area contributed by atoms with Gasteiger partial charge in [-0.25, -0.2) is 14.4 Å². The van der Waals surface area contributed by atoms with Crippen LogP contribution in [-0.4, -0.2) is 15.9 Å². The summed E-state index contributed by atoms with van der Waals surface area (Å²) in [7, 11) is 0. The maximum Gasteiger partial charge on any atom is 0.274 e. The number of nitrogens with zero attached hydrogens (tertiary/aromatic N) is 2. The number of halogens is 3. The van der Waals surface area contributed by atoms with Crippen molar-refractivity contribution in [3.8, 4) is 11.1 Å². The van der Waals surface area contributed by atoms with Gasteiger partial charge in [0.25, 0.3) is 5.91 Å². The fourth-order valence-electron chi connectivity index (χ4n) is 2.30. The van der Waals surface area contributed by atoms with Crippen molar-refractivity contribution in [2.45, 2.75) is 6.92 Å². The van der Waals surface area contributed by atoms with E-state index in [-0.39, 0.29) is 21.8 Å². The molecule has 0 aliphatic carbocycles. The average Bonchev–Trinajstić information content (AvgIpc) is 2.57. The molecule has 3 aromatic rings. The van der Waals surface area contributed by atoms with Gasteiger partial charge in [-0.2, -0.15) is 0 Å². The molecule has 0 aliphatic rings. The van der Waals surface area contributed by atoms with Crippen molar-refractivity contribution in [2.24, 2.45) is 0 Å². The number of nitrogens with one attached hydrogen (secondary N) is 1. The lowest BCUT2D eigenvalue weighted by atomic mass is 10.0. The van der Waals surface area contributed by atoms with Crippen molar-refractivity contribution in [2.75, 3.05) is 5.32 Å². The second kappa shape index (κ2) is 7.17. The number of carbonyl (C=O) groups is 1. The summed E-state index contributed by atoms with van der Waals surface area (Å²) in [5.74, 6) is -0.885. The number of aromatic nitrogens is 2. The third-order valence-electron chi connectivity index (χ3n) is 3.42. The average molecular weight is 376 g/mol. The van der Waals surface area contributed by atoms with Gasteiger partial charge in [0, 0.05) is 17.6 Å². The van der Waals surface area contributed by atoms with Crippen LogP contribution in [0.1, 0.15) is 16.2 Å². The van der Waals surface area contributed by atoms with Crippen molar-refractivity contribution in [3.63, 3.8) is 0 Å². The summed E-state index contributed by atoms with van der Waals surface area (Å²) >= 11 is 11.7. The predicted octanol–water partition coefficient (Wildman–Crippen LogP) is 5.15. The first-order valence-electron chi connectivity index (χ1n) is 7.29. The largest absolute Gasteiger partial charge is 0.320 e. The van der Waals surface area contributed by atoms with Crippen LogP contribution in [-0.2, 0) is 0 Å². The molecule has 0 saturated carbocycles. The van der Waals surface area contributed by atoms with Gasteiger partial charge in [-0.05, 0) is 54.4 Å². The van der Waals surface area contributed by atoms with E-state index in [1.807, 2.05) is 0 Å². The lowest BCUT2D eigenvalue weighted by Crippen LogP contribution is -2.14. The number of anilines is 1. The summed E-state index contributed by atoms with van der Waals surface area (Å²) < 4.78 is 13.4. The first kappa shape index (κ1) is 17.3. The number of rotatable bonds is 3. The van der Waals surface area contributed by atoms with Gasteiger partial charge in [0.05, 0.1) is 5.02 Å². The molecule has 3 rings (SSSR count). The molecule has 2 heterocycles. The minimum atomic E-state index is -0.497. The predicted molar refractivity (Wildman–Crippen MR) is 96.6 cm³/mol. The molecule has 7 heteroatoms. The molecular weight excluding hydrogens is 364 g/mol. The molecule has 2 aromatic heterocycles. The van der Waals surface area contributed by atoms with Crippen molar-refractivity contribution in [3.05, 3.63) is 76.0 Å². The van der Waals surface area contributed by atoms with E-state index in [4.69, 9.17) is 23.2 Å². The highest BCUT2D eigenvalue weighted by atomic mass is 35.5. The molecule has 1 amide bonds. The quantitative estimate of drug-likeness (QED) is 0.644. The van der Waals surface area contributed by atoms with Crippen LogP contribution in [0.25, 0.3) is 11.1 Å². The van der Waals surface area contributed by atoms with Gasteiger partial charge in [-0.3, -0.25) is 4.79 Å². The van der Waals surface area contributed by atoms with Crippen LogP contribution in [0.4, 0.5) is 10.1 Å². The van der Waals surface area contributed by atoms with E-state index in [0.29, 0.717) is 22.5 Å². The Hall–Kier alpha value is -2.50. The molecule has 0 aliphatic heterocycles. The fourth-order valence-corrected chi connectivity index (χ4v) is 2.66. The Kier molecular flexibility index (Phi) is 4.97. The Morgan fingerprint density at radius 2 is 1.88 bits per heavy atom. The van der Waals surface area contributed by atoms with Crippen LogP contribution in [0.5, 0.6) is 0 Å². The van der Waals surface area contributed by atoms with E-state index in [2.05, 4.69) is 15.3 Å². The van der Waals surface area contributed by atoms with Crippen LogP contribution in [0.2, 0.25) is 10.2 Å². The van der Waals surface area contributed by atoms with Gasteiger partial charge in [-0.15, -0.1) is 0 Å². The minimum absolute atomic E-state index is 0.0180. The molecule has 0 atom stereocenters. The van der Waals surface area contributed by atoms with E-state index in [0.717, 1.165) is 0 Å². The van der Waals surface area contributed by atoms with E-state index in [1.54, 1.807) is 31.2 Å².